The smallest absolute Gasteiger partial charge is 0.272 e. The molecule has 2 aliphatic carbocycles. The number of rotatable bonds is 8. The summed E-state index contributed by atoms with van der Waals surface area (Å²) >= 11 is 18.8. The molecule has 0 aliphatic heterocycles. The van der Waals surface area contributed by atoms with Crippen molar-refractivity contribution in [3.63, 3.8) is 0 Å². The third kappa shape index (κ3) is 4.77. The second-order valence-electron chi connectivity index (χ2n) is 11.4. The highest BCUT2D eigenvalue weighted by molar-refractivity contribution is 6.35. The van der Waals surface area contributed by atoms with Crippen molar-refractivity contribution in [2.45, 2.75) is 59.5 Å². The summed E-state index contributed by atoms with van der Waals surface area (Å²) in [7, 11) is 0. The fourth-order valence-electron chi connectivity index (χ4n) is 6.45. The van der Waals surface area contributed by atoms with E-state index >= 15 is 0 Å². The molecule has 38 heavy (non-hydrogen) atoms. The van der Waals surface area contributed by atoms with Crippen LogP contribution in [0.15, 0.2) is 42.5 Å². The monoisotopic (exact) mass is 573 g/mol. The summed E-state index contributed by atoms with van der Waals surface area (Å²) in [5.74, 6) is 0.522. The average Bonchev–Trinajstić information content (AvgIpc) is 3.39. The van der Waals surface area contributed by atoms with Gasteiger partial charge in [-0.2, -0.15) is 5.10 Å². The van der Waals surface area contributed by atoms with Gasteiger partial charge in [0.2, 0.25) is 0 Å². The Morgan fingerprint density at radius 1 is 1.11 bits per heavy atom. The molecule has 0 unspecified atom stereocenters. The number of carbonyl (C=O) groups excluding carboxylic acids is 1. The molecule has 202 valence electrons. The van der Waals surface area contributed by atoms with Gasteiger partial charge in [-0.25, -0.2) is 4.68 Å². The van der Waals surface area contributed by atoms with Crippen molar-refractivity contribution in [2.75, 3.05) is 13.2 Å². The molecule has 0 saturated heterocycles. The van der Waals surface area contributed by atoms with Crippen molar-refractivity contribution in [1.82, 2.24) is 15.1 Å². The van der Waals surface area contributed by atoms with Crippen LogP contribution in [0.3, 0.4) is 0 Å². The van der Waals surface area contributed by atoms with E-state index in [1.54, 1.807) is 22.9 Å². The van der Waals surface area contributed by atoms with Gasteiger partial charge in [-0.1, -0.05) is 67.7 Å². The first-order valence-electron chi connectivity index (χ1n) is 13.2. The number of fused-ring (bicyclic) bond motifs is 2. The highest BCUT2D eigenvalue weighted by atomic mass is 35.5. The summed E-state index contributed by atoms with van der Waals surface area (Å²) in [5, 5.41) is 9.32. The number of benzene rings is 2. The van der Waals surface area contributed by atoms with E-state index in [1.165, 1.54) is 12.8 Å². The maximum Gasteiger partial charge on any atom is 0.272 e. The normalized spacial score (nSPS) is 23.7. The van der Waals surface area contributed by atoms with Crippen molar-refractivity contribution in [1.29, 1.82) is 0 Å². The van der Waals surface area contributed by atoms with Crippen molar-refractivity contribution in [3.8, 4) is 16.9 Å². The number of ether oxygens (including phenoxy) is 1. The number of nitrogens with zero attached hydrogens (tertiary/aromatic N) is 2. The quantitative estimate of drug-likeness (QED) is 0.276. The Morgan fingerprint density at radius 2 is 1.82 bits per heavy atom. The Hall–Kier alpha value is -2.05. The third-order valence-corrected chi connectivity index (χ3v) is 10.0. The Morgan fingerprint density at radius 3 is 2.45 bits per heavy atom. The molecule has 2 bridgehead atoms. The first-order valence-corrected chi connectivity index (χ1v) is 14.4. The molecule has 0 radical (unpaired) electrons. The lowest BCUT2D eigenvalue weighted by atomic mass is 9.70. The van der Waals surface area contributed by atoms with Crippen LogP contribution in [-0.2, 0) is 4.74 Å². The van der Waals surface area contributed by atoms with Gasteiger partial charge in [0.25, 0.3) is 5.91 Å². The fourth-order valence-corrected chi connectivity index (χ4v) is 7.07. The van der Waals surface area contributed by atoms with Gasteiger partial charge >= 0.3 is 0 Å². The van der Waals surface area contributed by atoms with Crippen LogP contribution in [0.25, 0.3) is 16.9 Å². The lowest BCUT2D eigenvalue weighted by Crippen LogP contribution is -2.37. The minimum absolute atomic E-state index is 0.227. The zero-order valence-electron chi connectivity index (χ0n) is 22.3. The van der Waals surface area contributed by atoms with Crippen molar-refractivity contribution in [2.24, 2.45) is 16.7 Å². The van der Waals surface area contributed by atoms with Crippen molar-refractivity contribution >= 4 is 40.7 Å². The van der Waals surface area contributed by atoms with Gasteiger partial charge in [-0.05, 0) is 79.7 Å². The molecule has 8 heteroatoms. The van der Waals surface area contributed by atoms with Gasteiger partial charge in [0.1, 0.15) is 0 Å². The van der Waals surface area contributed by atoms with E-state index in [-0.39, 0.29) is 11.3 Å². The second kappa shape index (κ2) is 10.5. The molecular weight excluding hydrogens is 541 g/mol. The molecule has 2 fully saturated rings. The Balaban J connectivity index is 1.29. The van der Waals surface area contributed by atoms with Gasteiger partial charge < -0.3 is 10.1 Å². The Kier molecular flexibility index (Phi) is 7.60. The predicted molar refractivity (Wildman–Crippen MR) is 155 cm³/mol. The van der Waals surface area contributed by atoms with E-state index in [4.69, 9.17) is 44.6 Å². The summed E-state index contributed by atoms with van der Waals surface area (Å²) in [6, 6.07) is 12.7. The van der Waals surface area contributed by atoms with E-state index < -0.39 is 0 Å². The first-order chi connectivity index (χ1) is 18.0. The molecule has 2 saturated carbocycles. The zero-order chi connectivity index (χ0) is 27.2. The van der Waals surface area contributed by atoms with E-state index in [1.807, 2.05) is 31.2 Å². The van der Waals surface area contributed by atoms with Gasteiger partial charge in [0.05, 0.1) is 22.5 Å². The minimum atomic E-state index is -0.227. The maximum atomic E-state index is 13.2. The van der Waals surface area contributed by atoms with Gasteiger partial charge in [0.15, 0.2) is 5.69 Å². The largest absolute Gasteiger partial charge is 0.378 e. The molecule has 0 spiro atoms. The average molecular weight is 575 g/mol. The molecular formula is C30H34Cl3N3O2. The zero-order valence-corrected chi connectivity index (χ0v) is 24.6. The number of hydrogen-bond acceptors (Lipinski definition) is 3. The van der Waals surface area contributed by atoms with Gasteiger partial charge in [-0.3, -0.25) is 4.79 Å². The SMILES string of the molecule is Cc1c(C(=O)NCCCO[C@H]2C[C@@H]3CC[C@@]2(C)C3(C)C)nn(-c2ccc(Cl)cc2Cl)c1-c1ccc(Cl)cc1. The maximum absolute atomic E-state index is 13.2. The molecule has 1 amide bonds. The van der Waals surface area contributed by atoms with Crippen LogP contribution in [0.1, 0.15) is 62.5 Å². The van der Waals surface area contributed by atoms with Crippen LogP contribution in [0.2, 0.25) is 15.1 Å². The molecule has 5 rings (SSSR count). The summed E-state index contributed by atoms with van der Waals surface area (Å²) in [6.07, 6.45) is 4.74. The number of amides is 1. The second-order valence-corrected chi connectivity index (χ2v) is 12.7. The van der Waals surface area contributed by atoms with Crippen LogP contribution in [0.4, 0.5) is 0 Å². The Labute approximate surface area is 239 Å². The Bertz CT molecular complexity index is 1350. The van der Waals surface area contributed by atoms with Crippen molar-refractivity contribution < 1.29 is 9.53 Å². The number of nitrogens with one attached hydrogen (secondary N) is 1. The lowest BCUT2D eigenvalue weighted by Gasteiger charge is -2.38. The van der Waals surface area contributed by atoms with Gasteiger partial charge in [-0.15, -0.1) is 0 Å². The lowest BCUT2D eigenvalue weighted by molar-refractivity contribution is -0.0468. The number of aromatic nitrogens is 2. The predicted octanol–water partition coefficient (Wildman–Crippen LogP) is 8.16. The number of halogens is 3. The van der Waals surface area contributed by atoms with Gasteiger partial charge in [0, 0.05) is 34.3 Å². The minimum Gasteiger partial charge on any atom is -0.378 e. The van der Waals surface area contributed by atoms with Crippen molar-refractivity contribution in [3.05, 3.63) is 68.8 Å². The molecule has 3 aromatic rings. The van der Waals surface area contributed by atoms with Crippen LogP contribution in [0, 0.1) is 23.7 Å². The molecule has 1 heterocycles. The van der Waals surface area contributed by atoms with E-state index in [0.717, 1.165) is 35.6 Å². The highest BCUT2D eigenvalue weighted by Crippen LogP contribution is 2.66. The summed E-state index contributed by atoms with van der Waals surface area (Å²) in [5.41, 5.74) is 3.96. The summed E-state index contributed by atoms with van der Waals surface area (Å²) < 4.78 is 8.05. The molecule has 1 N–H and O–H groups in total. The summed E-state index contributed by atoms with van der Waals surface area (Å²) in [4.78, 5) is 13.2. The molecule has 1 aromatic heterocycles. The van der Waals surface area contributed by atoms with Crippen LogP contribution >= 0.6 is 34.8 Å². The third-order valence-electron chi connectivity index (χ3n) is 9.23. The topological polar surface area (TPSA) is 56.1 Å². The van der Waals surface area contributed by atoms with Crippen LogP contribution < -0.4 is 5.32 Å². The fraction of sp³-hybridized carbons (Fsp3) is 0.467. The molecule has 2 aromatic carbocycles. The molecule has 2 aliphatic rings. The van der Waals surface area contributed by atoms with Crippen LogP contribution in [0.5, 0.6) is 0 Å². The number of hydrogen-bond donors (Lipinski definition) is 1. The summed E-state index contributed by atoms with van der Waals surface area (Å²) in [6.45, 7) is 10.2. The van der Waals surface area contributed by atoms with E-state index in [0.29, 0.717) is 51.1 Å². The first kappa shape index (κ1) is 27.5. The van der Waals surface area contributed by atoms with E-state index in [9.17, 15) is 4.79 Å². The molecule has 5 nitrogen and oxygen atoms in total. The standard InChI is InChI=1S/C30H34Cl3N3O2/c1-18-26(28(37)34-14-5-15-38-25-16-20-12-13-30(25,4)29(20,2)3)35-36(24-11-10-22(32)17-23(24)33)27(18)19-6-8-21(31)9-7-19/h6-11,17,20,25H,5,12-16H2,1-4H3,(H,34,37)/t20-,25-,30+/m0/s1. The van der Waals surface area contributed by atoms with E-state index in [2.05, 4.69) is 26.1 Å². The molecule has 3 atom stereocenters. The number of carbonyl (C=O) groups is 1. The highest BCUT2D eigenvalue weighted by Gasteiger charge is 2.61. The van der Waals surface area contributed by atoms with Crippen LogP contribution in [-0.4, -0.2) is 34.9 Å².